The zero-order valence-corrected chi connectivity index (χ0v) is 14.9. The molecule has 1 aromatic carbocycles. The molecule has 27 heavy (non-hydrogen) atoms. The Kier molecular flexibility index (Phi) is 12.4. The van der Waals surface area contributed by atoms with Gasteiger partial charge in [0, 0.05) is 6.42 Å². The number of carboxylic acid groups (broad SMARTS) is 2. The first kappa shape index (κ1) is 24.5. The van der Waals surface area contributed by atoms with Crippen molar-refractivity contribution in [1.82, 2.24) is 10.6 Å². The van der Waals surface area contributed by atoms with Crippen molar-refractivity contribution in [2.45, 2.75) is 31.0 Å². The fourth-order valence-electron chi connectivity index (χ4n) is 1.88. The average Bonchev–Trinajstić information content (AvgIpc) is 2.65. The molecule has 0 spiro atoms. The summed E-state index contributed by atoms with van der Waals surface area (Å²) >= 11 is 0. The van der Waals surface area contributed by atoms with Gasteiger partial charge in [-0.25, -0.2) is 4.79 Å². The van der Waals surface area contributed by atoms with Crippen LogP contribution in [-0.4, -0.2) is 81.8 Å². The highest BCUT2D eigenvalue weighted by Crippen LogP contribution is 2.04. The van der Waals surface area contributed by atoms with Gasteiger partial charge in [0.15, 0.2) is 0 Å². The number of benzene rings is 1. The van der Waals surface area contributed by atoms with Crippen molar-refractivity contribution in [1.29, 1.82) is 0 Å². The maximum absolute atomic E-state index is 11.9. The Morgan fingerprint density at radius 2 is 1.56 bits per heavy atom. The number of amides is 1. The van der Waals surface area contributed by atoms with E-state index in [0.717, 1.165) is 5.56 Å². The minimum Gasteiger partial charge on any atom is -0.481 e. The predicted octanol–water partition coefficient (Wildman–Crippen LogP) is -1.81. The number of carbonyl (C=O) groups is 3. The minimum absolute atomic E-state index is 0.130. The van der Waals surface area contributed by atoms with Gasteiger partial charge in [0.25, 0.3) is 0 Å². The van der Waals surface area contributed by atoms with Gasteiger partial charge in [-0.3, -0.25) is 9.59 Å². The second-order valence-corrected chi connectivity index (χ2v) is 5.55. The summed E-state index contributed by atoms with van der Waals surface area (Å²) in [5.74, 6) is -2.96. The molecule has 2 unspecified atom stereocenters. The number of carbonyl (C=O) groups excluding carboxylic acids is 1. The number of carboxylic acids is 2. The number of aliphatic hydroxyl groups excluding tert-OH is 3. The van der Waals surface area contributed by atoms with Crippen molar-refractivity contribution in [3.05, 3.63) is 35.9 Å². The normalized spacial score (nSPS) is 12.5. The van der Waals surface area contributed by atoms with E-state index in [1.165, 1.54) is 7.05 Å². The van der Waals surface area contributed by atoms with Crippen LogP contribution in [0.15, 0.2) is 30.3 Å². The lowest BCUT2D eigenvalue weighted by molar-refractivity contribution is -0.143. The maximum atomic E-state index is 11.9. The van der Waals surface area contributed by atoms with Crippen LogP contribution >= 0.6 is 0 Å². The summed E-state index contributed by atoms with van der Waals surface area (Å²) in [7, 11) is 1.44. The van der Waals surface area contributed by atoms with E-state index in [1.807, 2.05) is 6.07 Å². The first-order valence-electron chi connectivity index (χ1n) is 8.11. The highest BCUT2D eigenvalue weighted by molar-refractivity contribution is 5.89. The molecule has 10 nitrogen and oxygen atoms in total. The first-order chi connectivity index (χ1) is 12.7. The maximum Gasteiger partial charge on any atom is 0.326 e. The Bertz CT molecular complexity index is 578. The Hall–Kier alpha value is -2.53. The summed E-state index contributed by atoms with van der Waals surface area (Å²) in [6, 6.07) is 6.80. The van der Waals surface area contributed by atoms with E-state index in [1.54, 1.807) is 24.3 Å². The molecule has 0 aromatic heterocycles. The van der Waals surface area contributed by atoms with Gasteiger partial charge in [0.1, 0.15) is 12.1 Å². The molecule has 0 fully saturated rings. The second-order valence-electron chi connectivity index (χ2n) is 5.55. The topological polar surface area (TPSA) is 176 Å². The van der Waals surface area contributed by atoms with Gasteiger partial charge in [0.05, 0.1) is 25.7 Å². The molecule has 1 amide bonds. The average molecular weight is 386 g/mol. The van der Waals surface area contributed by atoms with Crippen LogP contribution in [0, 0.1) is 0 Å². The Morgan fingerprint density at radius 1 is 1.00 bits per heavy atom. The van der Waals surface area contributed by atoms with E-state index >= 15 is 0 Å². The lowest BCUT2D eigenvalue weighted by Gasteiger charge is -2.19. The smallest absolute Gasteiger partial charge is 0.326 e. The number of hydrogen-bond donors (Lipinski definition) is 7. The van der Waals surface area contributed by atoms with Gasteiger partial charge in [0.2, 0.25) is 5.91 Å². The molecule has 0 aliphatic heterocycles. The fraction of sp³-hybridized carbons (Fsp3) is 0.471. The third-order valence-corrected chi connectivity index (χ3v) is 3.36. The summed E-state index contributed by atoms with van der Waals surface area (Å²) in [5.41, 5.74) is 0.768. The van der Waals surface area contributed by atoms with Gasteiger partial charge in [-0.15, -0.1) is 0 Å². The number of nitrogens with one attached hydrogen (secondary N) is 2. The van der Waals surface area contributed by atoms with Crippen molar-refractivity contribution < 1.29 is 39.9 Å². The third-order valence-electron chi connectivity index (χ3n) is 3.36. The standard InChI is InChI=1S/C14H18N2O5.C3H8O3/c1-15-10(8-12(17)18)13(19)16-11(14(20)21)7-9-5-3-2-4-6-9;4-1-3(6)2-5/h2-6,10-11,15H,7-8H2,1H3,(H,16,19)(H,17,18)(H,20,21);3-6H,1-2H2. The minimum atomic E-state index is -1.17. The van der Waals surface area contributed by atoms with Crippen molar-refractivity contribution in [3.63, 3.8) is 0 Å². The van der Waals surface area contributed by atoms with E-state index < -0.39 is 42.5 Å². The first-order valence-corrected chi connectivity index (χ1v) is 8.11. The lowest BCUT2D eigenvalue weighted by atomic mass is 10.1. The van der Waals surface area contributed by atoms with Crippen molar-refractivity contribution in [2.24, 2.45) is 0 Å². The van der Waals surface area contributed by atoms with Crippen LogP contribution in [0.5, 0.6) is 0 Å². The van der Waals surface area contributed by atoms with Crippen molar-refractivity contribution in [2.75, 3.05) is 20.3 Å². The zero-order chi connectivity index (χ0) is 20.8. The van der Waals surface area contributed by atoms with Gasteiger partial charge in [-0.05, 0) is 12.6 Å². The van der Waals surface area contributed by atoms with Crippen molar-refractivity contribution >= 4 is 17.8 Å². The largest absolute Gasteiger partial charge is 0.481 e. The molecule has 10 heteroatoms. The summed E-state index contributed by atoms with van der Waals surface area (Å²) in [6.07, 6.45) is -1.24. The zero-order valence-electron chi connectivity index (χ0n) is 14.9. The molecule has 152 valence electrons. The number of rotatable bonds is 10. The summed E-state index contributed by atoms with van der Waals surface area (Å²) in [5, 5.41) is 46.8. The molecule has 0 saturated carbocycles. The van der Waals surface area contributed by atoms with Crippen LogP contribution in [0.1, 0.15) is 12.0 Å². The fourth-order valence-corrected chi connectivity index (χ4v) is 1.88. The van der Waals surface area contributed by atoms with Crippen LogP contribution in [0.25, 0.3) is 0 Å². The molecule has 2 atom stereocenters. The molecule has 1 rings (SSSR count). The second kappa shape index (κ2) is 13.6. The highest BCUT2D eigenvalue weighted by Gasteiger charge is 2.26. The highest BCUT2D eigenvalue weighted by atomic mass is 16.4. The molecule has 0 aliphatic carbocycles. The van der Waals surface area contributed by atoms with E-state index in [0.29, 0.717) is 0 Å². The molecule has 0 aliphatic rings. The van der Waals surface area contributed by atoms with E-state index in [-0.39, 0.29) is 19.6 Å². The summed E-state index contributed by atoms with van der Waals surface area (Å²) < 4.78 is 0. The number of aliphatic hydroxyl groups is 3. The molecular weight excluding hydrogens is 360 g/mol. The quantitative estimate of drug-likeness (QED) is 0.244. The van der Waals surface area contributed by atoms with Gasteiger partial charge < -0.3 is 36.2 Å². The third kappa shape index (κ3) is 10.9. The van der Waals surface area contributed by atoms with E-state index in [2.05, 4.69) is 10.6 Å². The predicted molar refractivity (Wildman–Crippen MR) is 95.0 cm³/mol. The van der Waals surface area contributed by atoms with E-state index in [4.69, 9.17) is 25.5 Å². The number of aliphatic carboxylic acids is 2. The van der Waals surface area contributed by atoms with Crippen LogP contribution in [-0.2, 0) is 20.8 Å². The molecule has 1 aromatic rings. The molecule has 0 bridgehead atoms. The summed E-state index contributed by atoms with van der Waals surface area (Å²) in [6.45, 7) is -0.729. The molecule has 0 saturated heterocycles. The molecule has 0 heterocycles. The van der Waals surface area contributed by atoms with Crippen LogP contribution in [0.3, 0.4) is 0 Å². The van der Waals surface area contributed by atoms with Gasteiger partial charge in [-0.2, -0.15) is 0 Å². The Labute approximate surface area is 156 Å². The van der Waals surface area contributed by atoms with Gasteiger partial charge >= 0.3 is 11.9 Å². The van der Waals surface area contributed by atoms with Crippen LogP contribution < -0.4 is 10.6 Å². The molecule has 0 radical (unpaired) electrons. The van der Waals surface area contributed by atoms with Crippen molar-refractivity contribution in [3.8, 4) is 0 Å². The molecular formula is C17H26N2O8. The van der Waals surface area contributed by atoms with Crippen LogP contribution in [0.2, 0.25) is 0 Å². The number of likely N-dealkylation sites (N-methyl/N-ethyl adjacent to an activating group) is 1. The lowest BCUT2D eigenvalue weighted by Crippen LogP contribution is -2.50. The van der Waals surface area contributed by atoms with Gasteiger partial charge in [-0.1, -0.05) is 30.3 Å². The monoisotopic (exact) mass is 386 g/mol. The summed E-state index contributed by atoms with van der Waals surface area (Å²) in [4.78, 5) is 33.8. The van der Waals surface area contributed by atoms with Crippen LogP contribution in [0.4, 0.5) is 0 Å². The Morgan fingerprint density at radius 3 is 1.93 bits per heavy atom. The Balaban J connectivity index is 0.000000972. The molecule has 7 N–H and O–H groups in total. The SMILES string of the molecule is CNC(CC(=O)O)C(=O)NC(Cc1ccccc1)C(=O)O.OCC(O)CO. The number of hydrogen-bond acceptors (Lipinski definition) is 7. The van der Waals surface area contributed by atoms with E-state index in [9.17, 15) is 14.4 Å².